The Morgan fingerprint density at radius 1 is 1.03 bits per heavy atom. The first-order valence-corrected chi connectivity index (χ1v) is 11.1. The quantitative estimate of drug-likeness (QED) is 0.429. The van der Waals surface area contributed by atoms with E-state index in [1.54, 1.807) is 42.5 Å². The standard InChI is InChI=1S/C26H27N5O4/c1-16-9-11-19(12-10-16)13-27-25(33)23-17(2)24-26(34)31(28-15-30(24)18(23)3)14-22(32)29-20-7-5-6-8-21(20)35-4/h5-12,15H,13-14H2,1-4H3,(H,27,33)(H,29,32). The summed E-state index contributed by atoms with van der Waals surface area (Å²) in [6.07, 6.45) is 1.45. The van der Waals surface area contributed by atoms with Gasteiger partial charge in [0, 0.05) is 12.2 Å². The van der Waals surface area contributed by atoms with Crippen LogP contribution in [0.25, 0.3) is 5.52 Å². The Morgan fingerprint density at radius 3 is 2.46 bits per heavy atom. The van der Waals surface area contributed by atoms with Gasteiger partial charge in [0.25, 0.3) is 11.5 Å². The van der Waals surface area contributed by atoms with Crippen LogP contribution in [0.4, 0.5) is 5.69 Å². The zero-order valence-electron chi connectivity index (χ0n) is 20.1. The van der Waals surface area contributed by atoms with Crippen molar-refractivity contribution in [3.63, 3.8) is 0 Å². The fourth-order valence-electron chi connectivity index (χ4n) is 4.05. The molecule has 2 aromatic heterocycles. The van der Waals surface area contributed by atoms with Gasteiger partial charge >= 0.3 is 0 Å². The van der Waals surface area contributed by atoms with E-state index in [2.05, 4.69) is 15.7 Å². The van der Waals surface area contributed by atoms with Crippen molar-refractivity contribution < 1.29 is 14.3 Å². The van der Waals surface area contributed by atoms with E-state index in [9.17, 15) is 14.4 Å². The lowest BCUT2D eigenvalue weighted by Gasteiger charge is -2.10. The summed E-state index contributed by atoms with van der Waals surface area (Å²) in [4.78, 5) is 38.8. The molecular formula is C26H27N5O4. The van der Waals surface area contributed by atoms with Crippen LogP contribution in [0.1, 0.15) is 32.7 Å². The molecule has 9 heteroatoms. The minimum atomic E-state index is -0.458. The molecule has 0 atom stereocenters. The molecule has 2 aromatic carbocycles. The van der Waals surface area contributed by atoms with Gasteiger partial charge in [-0.15, -0.1) is 0 Å². The highest BCUT2D eigenvalue weighted by Gasteiger charge is 2.22. The summed E-state index contributed by atoms with van der Waals surface area (Å²) in [5.41, 5.74) is 4.04. The number of fused-ring (bicyclic) bond motifs is 1. The lowest BCUT2D eigenvalue weighted by atomic mass is 10.1. The molecule has 0 saturated carbocycles. The monoisotopic (exact) mass is 473 g/mol. The van der Waals surface area contributed by atoms with Gasteiger partial charge in [-0.2, -0.15) is 5.10 Å². The van der Waals surface area contributed by atoms with Crippen LogP contribution in [0.2, 0.25) is 0 Å². The maximum Gasteiger partial charge on any atom is 0.291 e. The number of methoxy groups -OCH3 is 1. The largest absolute Gasteiger partial charge is 0.495 e. The lowest BCUT2D eigenvalue weighted by Crippen LogP contribution is -2.31. The van der Waals surface area contributed by atoms with Crippen LogP contribution in [0.3, 0.4) is 0 Å². The molecule has 0 aliphatic heterocycles. The number of aromatic nitrogens is 3. The van der Waals surface area contributed by atoms with E-state index in [1.807, 2.05) is 31.2 Å². The second-order valence-corrected chi connectivity index (χ2v) is 8.31. The molecule has 4 aromatic rings. The second kappa shape index (κ2) is 9.84. The molecule has 2 amide bonds. The highest BCUT2D eigenvalue weighted by Crippen LogP contribution is 2.23. The van der Waals surface area contributed by atoms with Crippen molar-refractivity contribution in [1.82, 2.24) is 19.5 Å². The summed E-state index contributed by atoms with van der Waals surface area (Å²) >= 11 is 0. The van der Waals surface area contributed by atoms with E-state index in [0.717, 1.165) is 15.8 Å². The molecule has 180 valence electrons. The Balaban J connectivity index is 1.57. The van der Waals surface area contributed by atoms with Gasteiger partial charge in [-0.25, -0.2) is 4.68 Å². The average Bonchev–Trinajstić information content (AvgIpc) is 3.10. The van der Waals surface area contributed by atoms with Crippen LogP contribution in [-0.4, -0.2) is 33.1 Å². The molecule has 0 fully saturated rings. The van der Waals surface area contributed by atoms with Gasteiger partial charge < -0.3 is 15.4 Å². The van der Waals surface area contributed by atoms with E-state index in [4.69, 9.17) is 4.74 Å². The molecule has 0 aliphatic rings. The molecule has 4 rings (SSSR count). The van der Waals surface area contributed by atoms with Crippen molar-refractivity contribution >= 4 is 23.0 Å². The smallest absolute Gasteiger partial charge is 0.291 e. The summed E-state index contributed by atoms with van der Waals surface area (Å²) in [6, 6.07) is 14.9. The predicted octanol–water partition coefficient (Wildman–Crippen LogP) is 3.00. The van der Waals surface area contributed by atoms with Crippen molar-refractivity contribution in [2.24, 2.45) is 0 Å². The number of hydrogen-bond acceptors (Lipinski definition) is 5. The molecular weight excluding hydrogens is 446 g/mol. The van der Waals surface area contributed by atoms with E-state index in [1.165, 1.54) is 13.4 Å². The van der Waals surface area contributed by atoms with Crippen LogP contribution in [0, 0.1) is 20.8 Å². The van der Waals surface area contributed by atoms with Crippen LogP contribution < -0.4 is 20.9 Å². The van der Waals surface area contributed by atoms with Crippen LogP contribution >= 0.6 is 0 Å². The lowest BCUT2D eigenvalue weighted by molar-refractivity contribution is -0.117. The normalized spacial score (nSPS) is 10.9. The summed E-state index contributed by atoms with van der Waals surface area (Å²) in [5, 5.41) is 9.81. The number of amides is 2. The van der Waals surface area contributed by atoms with Crippen LogP contribution in [0.15, 0.2) is 59.7 Å². The number of benzene rings is 2. The number of rotatable bonds is 7. The number of para-hydroxylation sites is 2. The predicted molar refractivity (Wildman–Crippen MR) is 133 cm³/mol. The SMILES string of the molecule is COc1ccccc1NC(=O)Cn1ncn2c(C)c(C(=O)NCc3ccc(C)cc3)c(C)c2c1=O. The van der Waals surface area contributed by atoms with Gasteiger partial charge in [0.1, 0.15) is 24.1 Å². The van der Waals surface area contributed by atoms with Gasteiger partial charge in [0.15, 0.2) is 0 Å². The number of ether oxygens (including phenoxy) is 1. The summed E-state index contributed by atoms with van der Waals surface area (Å²) in [6.45, 7) is 5.58. The van der Waals surface area contributed by atoms with E-state index in [0.29, 0.717) is 40.3 Å². The first kappa shape index (κ1) is 23.7. The van der Waals surface area contributed by atoms with Gasteiger partial charge in [-0.3, -0.25) is 18.8 Å². The van der Waals surface area contributed by atoms with Gasteiger partial charge in [-0.1, -0.05) is 42.0 Å². The molecule has 2 N–H and O–H groups in total. The number of carbonyl (C=O) groups is 2. The Morgan fingerprint density at radius 2 is 1.74 bits per heavy atom. The average molecular weight is 474 g/mol. The topological polar surface area (TPSA) is 107 Å². The number of hydrogen-bond donors (Lipinski definition) is 2. The van der Waals surface area contributed by atoms with Crippen molar-refractivity contribution in [2.45, 2.75) is 33.9 Å². The van der Waals surface area contributed by atoms with Crippen LogP contribution in [0.5, 0.6) is 5.75 Å². The fraction of sp³-hybridized carbons (Fsp3) is 0.231. The van der Waals surface area contributed by atoms with Gasteiger partial charge in [-0.05, 0) is 44.0 Å². The third kappa shape index (κ3) is 4.79. The number of nitrogens with zero attached hydrogens (tertiary/aromatic N) is 3. The summed E-state index contributed by atoms with van der Waals surface area (Å²) in [5.74, 6) is -0.189. The third-order valence-electron chi connectivity index (χ3n) is 5.91. The fourth-order valence-corrected chi connectivity index (χ4v) is 4.05. The zero-order chi connectivity index (χ0) is 25.1. The van der Waals surface area contributed by atoms with E-state index in [-0.39, 0.29) is 12.5 Å². The minimum Gasteiger partial charge on any atom is -0.495 e. The van der Waals surface area contributed by atoms with Gasteiger partial charge in [0.2, 0.25) is 5.91 Å². The molecule has 9 nitrogen and oxygen atoms in total. The molecule has 0 bridgehead atoms. The molecule has 35 heavy (non-hydrogen) atoms. The molecule has 0 unspecified atom stereocenters. The second-order valence-electron chi connectivity index (χ2n) is 8.31. The highest BCUT2D eigenvalue weighted by molar-refractivity contribution is 5.99. The molecule has 0 aliphatic carbocycles. The maximum absolute atomic E-state index is 13.2. The maximum atomic E-state index is 13.2. The van der Waals surface area contributed by atoms with Crippen molar-refractivity contribution in [3.8, 4) is 5.75 Å². The Labute approximate surface area is 202 Å². The van der Waals surface area contributed by atoms with Crippen molar-refractivity contribution in [3.05, 3.63) is 93.2 Å². The third-order valence-corrected chi connectivity index (χ3v) is 5.91. The van der Waals surface area contributed by atoms with E-state index < -0.39 is 11.5 Å². The Bertz CT molecular complexity index is 1470. The van der Waals surface area contributed by atoms with E-state index >= 15 is 0 Å². The summed E-state index contributed by atoms with van der Waals surface area (Å²) in [7, 11) is 1.51. The first-order valence-electron chi connectivity index (χ1n) is 11.1. The molecule has 0 saturated heterocycles. The number of nitrogens with one attached hydrogen (secondary N) is 2. The van der Waals surface area contributed by atoms with Gasteiger partial charge in [0.05, 0.1) is 18.4 Å². The molecule has 2 heterocycles. The molecule has 0 radical (unpaired) electrons. The minimum absolute atomic E-state index is 0.274. The summed E-state index contributed by atoms with van der Waals surface area (Å²) < 4.78 is 7.92. The number of aryl methyl sites for hydroxylation is 3. The van der Waals surface area contributed by atoms with Crippen molar-refractivity contribution in [1.29, 1.82) is 0 Å². The number of carbonyl (C=O) groups excluding carboxylic acids is 2. The Kier molecular flexibility index (Phi) is 6.68. The number of anilines is 1. The first-order chi connectivity index (χ1) is 16.8. The molecule has 0 spiro atoms. The highest BCUT2D eigenvalue weighted by atomic mass is 16.5. The zero-order valence-corrected chi connectivity index (χ0v) is 20.1. The Hall–Kier alpha value is -4.40. The van der Waals surface area contributed by atoms with Crippen molar-refractivity contribution in [2.75, 3.05) is 12.4 Å². The van der Waals surface area contributed by atoms with Crippen LogP contribution in [-0.2, 0) is 17.9 Å².